The summed E-state index contributed by atoms with van der Waals surface area (Å²) in [5.41, 5.74) is 8.95. The maximum atomic E-state index is 13.1. The molecule has 0 atom stereocenters. The Morgan fingerprint density at radius 1 is 0.547 bits per heavy atom. The molecule has 6 aromatic rings. The van der Waals surface area contributed by atoms with E-state index in [1.54, 1.807) is 25.3 Å². The number of aromatic nitrogens is 4. The SMILES string of the molecule is CCCCCCN(CCCC)C(=O)Nc1ccc(Cc2cccc(Cc3cccc(Cc4ccc(N=C([O-])c5n(C)cc[n+]5C)cc4)c3)c2)cc1.CCCCN(CCCC)C(=O)NC.CN=C([O-])c1n(C)cc[n+]1C. The maximum absolute atomic E-state index is 13.1. The van der Waals surface area contributed by atoms with Crippen molar-refractivity contribution in [2.75, 3.05) is 45.6 Å². The Bertz CT molecular complexity index is 2640. The lowest BCUT2D eigenvalue weighted by atomic mass is 9.97. The molecule has 0 saturated heterocycles. The zero-order valence-electron chi connectivity index (χ0n) is 46.8. The van der Waals surface area contributed by atoms with Crippen LogP contribution in [0.1, 0.15) is 137 Å². The molecule has 0 unspecified atom stereocenters. The van der Waals surface area contributed by atoms with Gasteiger partial charge in [-0.2, -0.15) is 0 Å². The molecule has 4 amide bonds. The summed E-state index contributed by atoms with van der Waals surface area (Å²) in [6, 6.07) is 33.8. The first-order chi connectivity index (χ1) is 36.2. The number of aryl methyl sites for hydroxylation is 4. The number of rotatable bonds is 24. The second-order valence-corrected chi connectivity index (χ2v) is 19.2. The van der Waals surface area contributed by atoms with Gasteiger partial charge in [0.2, 0.25) is 0 Å². The van der Waals surface area contributed by atoms with E-state index >= 15 is 0 Å². The lowest BCUT2D eigenvalue weighted by Crippen LogP contribution is -2.39. The highest BCUT2D eigenvalue weighted by molar-refractivity contribution is 5.89. The molecule has 75 heavy (non-hydrogen) atoms. The molecular formula is C61H86N10O4. The number of anilines is 1. The van der Waals surface area contributed by atoms with E-state index in [4.69, 9.17) is 0 Å². The van der Waals surface area contributed by atoms with E-state index in [2.05, 4.69) is 109 Å². The van der Waals surface area contributed by atoms with Gasteiger partial charge < -0.3 is 30.6 Å². The van der Waals surface area contributed by atoms with Gasteiger partial charge in [-0.15, -0.1) is 0 Å². The molecule has 2 heterocycles. The van der Waals surface area contributed by atoms with Crippen LogP contribution in [0.15, 0.2) is 132 Å². The van der Waals surface area contributed by atoms with Crippen LogP contribution in [0.2, 0.25) is 0 Å². The van der Waals surface area contributed by atoms with Crippen molar-refractivity contribution in [2.24, 2.45) is 38.2 Å². The van der Waals surface area contributed by atoms with Crippen molar-refractivity contribution in [3.8, 4) is 0 Å². The van der Waals surface area contributed by atoms with E-state index in [1.165, 1.54) is 59.7 Å². The number of urea groups is 2. The van der Waals surface area contributed by atoms with Gasteiger partial charge in [0.15, 0.2) is 0 Å². The van der Waals surface area contributed by atoms with Crippen molar-refractivity contribution >= 4 is 35.2 Å². The van der Waals surface area contributed by atoms with E-state index in [1.807, 2.05) is 99.2 Å². The standard InChI is InChI=1S/C44H53N5O2.C10H22N2O.C7H11N3O/c1-5-7-9-10-26-49(25-8-6-2)44(51)46-41-23-19-35(20-24-41)30-37-14-12-16-39(32-37)33-38-15-11-13-36(31-38)29-34-17-21-40(22-18-34)45-42(50)43-47(3)27-28-48(43)4;1-4-6-8-12(9-7-5-2)10(13)11-3;1-8-6(11)7-9(2)4-5-10(7)3/h11-24,27-28,31-32H,5-10,25-26,29-30,33H2,1-4H3,(H-,45,46,50,51);4-9H2,1-3H3,(H,11,13);4-5H,1-3H3. The molecule has 404 valence electrons. The van der Waals surface area contributed by atoms with Crippen LogP contribution in [0.4, 0.5) is 21.0 Å². The zero-order chi connectivity index (χ0) is 54.5. The summed E-state index contributed by atoms with van der Waals surface area (Å²) in [7, 11) is 10.5. The van der Waals surface area contributed by atoms with Crippen LogP contribution in [0.5, 0.6) is 0 Å². The number of unbranched alkanes of at least 4 members (excludes halogenated alkanes) is 6. The van der Waals surface area contributed by atoms with Crippen LogP contribution < -0.4 is 30.0 Å². The van der Waals surface area contributed by atoms with Crippen LogP contribution >= 0.6 is 0 Å². The highest BCUT2D eigenvalue weighted by atomic mass is 16.3. The summed E-state index contributed by atoms with van der Waals surface area (Å²) in [4.78, 5) is 36.1. The first-order valence-corrected chi connectivity index (χ1v) is 27.0. The minimum atomic E-state index is -0.259. The van der Waals surface area contributed by atoms with E-state index in [0.29, 0.717) is 17.3 Å². The van der Waals surface area contributed by atoms with Gasteiger partial charge in [0.05, 0.1) is 45.7 Å². The van der Waals surface area contributed by atoms with Crippen molar-refractivity contribution in [2.45, 2.75) is 111 Å². The fraction of sp³-hybridized carbons (Fsp3) is 0.443. The first-order valence-electron chi connectivity index (χ1n) is 27.0. The molecule has 0 radical (unpaired) electrons. The highest BCUT2D eigenvalue weighted by Gasteiger charge is 2.15. The molecule has 0 aliphatic carbocycles. The molecule has 0 aliphatic heterocycles. The van der Waals surface area contributed by atoms with Crippen molar-refractivity contribution in [3.05, 3.63) is 167 Å². The Morgan fingerprint density at radius 3 is 1.37 bits per heavy atom. The molecule has 0 spiro atoms. The number of amides is 4. The Hall–Kier alpha value is -7.22. The number of hydrogen-bond acceptors (Lipinski definition) is 6. The third-order valence-corrected chi connectivity index (χ3v) is 12.9. The van der Waals surface area contributed by atoms with Crippen LogP contribution in [-0.2, 0) is 47.5 Å². The lowest BCUT2D eigenvalue weighted by Gasteiger charge is -2.23. The third-order valence-electron chi connectivity index (χ3n) is 12.9. The van der Waals surface area contributed by atoms with Crippen LogP contribution in [-0.4, -0.2) is 83.1 Å². The van der Waals surface area contributed by atoms with Gasteiger partial charge in [0, 0.05) is 46.0 Å². The average molecular weight is 1020 g/mol. The van der Waals surface area contributed by atoms with Gasteiger partial charge in [-0.25, -0.2) is 27.9 Å². The number of carbonyl (C=O) groups excluding carboxylic acids is 2. The summed E-state index contributed by atoms with van der Waals surface area (Å²) in [6.45, 7) is 12.0. The van der Waals surface area contributed by atoms with Gasteiger partial charge in [-0.3, -0.25) is 9.98 Å². The van der Waals surface area contributed by atoms with E-state index < -0.39 is 0 Å². The van der Waals surface area contributed by atoms with Crippen molar-refractivity contribution in [1.82, 2.24) is 24.3 Å². The van der Waals surface area contributed by atoms with Crippen LogP contribution in [0, 0.1) is 0 Å². The first kappa shape index (κ1) is 60.3. The topological polar surface area (TPSA) is 153 Å². The molecule has 6 rings (SSSR count). The van der Waals surface area contributed by atoms with E-state index in [0.717, 1.165) is 96.1 Å². The number of carbonyl (C=O) groups is 2. The maximum Gasteiger partial charge on any atom is 0.321 e. The molecule has 0 bridgehead atoms. The van der Waals surface area contributed by atoms with Gasteiger partial charge in [-0.1, -0.05) is 139 Å². The minimum absolute atomic E-state index is 0.000118. The van der Waals surface area contributed by atoms with Gasteiger partial charge in [-0.05, 0) is 103 Å². The molecule has 2 aromatic heterocycles. The van der Waals surface area contributed by atoms with Crippen LogP contribution in [0.3, 0.4) is 0 Å². The summed E-state index contributed by atoms with van der Waals surface area (Å²) in [6.07, 6.45) is 21.0. The number of imidazole rings is 2. The van der Waals surface area contributed by atoms with Crippen molar-refractivity contribution < 1.29 is 28.9 Å². The quantitative estimate of drug-likeness (QED) is 0.0269. The van der Waals surface area contributed by atoms with Gasteiger partial charge in [0.25, 0.3) is 11.6 Å². The fourth-order valence-corrected chi connectivity index (χ4v) is 8.62. The molecule has 2 N–H and O–H groups in total. The van der Waals surface area contributed by atoms with Crippen molar-refractivity contribution in [1.29, 1.82) is 0 Å². The second-order valence-electron chi connectivity index (χ2n) is 19.2. The summed E-state index contributed by atoms with van der Waals surface area (Å²) >= 11 is 0. The van der Waals surface area contributed by atoms with E-state index in [9.17, 15) is 19.8 Å². The Labute approximate surface area is 448 Å². The van der Waals surface area contributed by atoms with Gasteiger partial charge in [0.1, 0.15) is 24.8 Å². The molecule has 0 fully saturated rings. The number of aliphatic imine (C=N–C) groups is 2. The largest absolute Gasteiger partial charge is 0.853 e. The zero-order valence-corrected chi connectivity index (χ0v) is 46.8. The third kappa shape index (κ3) is 20.5. The predicted octanol–water partition coefficient (Wildman–Crippen LogP) is 9.09. The average Bonchev–Trinajstić information content (AvgIpc) is 3.94. The summed E-state index contributed by atoms with van der Waals surface area (Å²) in [5.74, 6) is 0.674. The summed E-state index contributed by atoms with van der Waals surface area (Å²) < 4.78 is 7.05. The predicted molar refractivity (Wildman–Crippen MR) is 302 cm³/mol. The number of nitrogens with one attached hydrogen (secondary N) is 2. The number of nitrogens with zero attached hydrogens (tertiary/aromatic N) is 8. The van der Waals surface area contributed by atoms with Crippen LogP contribution in [0.25, 0.3) is 0 Å². The molecular weight excluding hydrogens is 937 g/mol. The summed E-state index contributed by atoms with van der Waals surface area (Å²) in [5, 5.41) is 29.6. The van der Waals surface area contributed by atoms with Crippen molar-refractivity contribution in [3.63, 3.8) is 0 Å². The molecule has 0 aliphatic rings. The number of benzene rings is 4. The number of hydrogen-bond donors (Lipinski definition) is 2. The fourth-order valence-electron chi connectivity index (χ4n) is 8.62. The molecule has 4 aromatic carbocycles. The smallest absolute Gasteiger partial charge is 0.321 e. The Morgan fingerprint density at radius 2 is 0.960 bits per heavy atom. The second kappa shape index (κ2) is 32.9. The van der Waals surface area contributed by atoms with E-state index in [-0.39, 0.29) is 23.9 Å². The molecule has 14 nitrogen and oxygen atoms in total. The molecule has 14 heteroatoms. The highest BCUT2D eigenvalue weighted by Crippen LogP contribution is 2.21. The Kier molecular flexibility index (Phi) is 26.4. The minimum Gasteiger partial charge on any atom is -0.853 e. The lowest BCUT2D eigenvalue weighted by molar-refractivity contribution is -0.674. The molecule has 0 saturated carbocycles. The Balaban J connectivity index is 0.000000415. The van der Waals surface area contributed by atoms with Gasteiger partial charge >= 0.3 is 12.1 Å². The monoisotopic (exact) mass is 1020 g/mol. The normalized spacial score (nSPS) is 11.3.